The van der Waals surface area contributed by atoms with Gasteiger partial charge >= 0.3 is 0 Å². The van der Waals surface area contributed by atoms with Crippen molar-refractivity contribution in [1.82, 2.24) is 10.2 Å². The summed E-state index contributed by atoms with van der Waals surface area (Å²) in [5, 5.41) is 3.36. The molecule has 0 fully saturated rings. The number of hydrogen-bond donors (Lipinski definition) is 1. The minimum Gasteiger partial charge on any atom is -0.490 e. The Morgan fingerprint density at radius 1 is 1.27 bits per heavy atom. The van der Waals surface area contributed by atoms with Gasteiger partial charge in [-0.15, -0.1) is 0 Å². The Hall–Kier alpha value is -1.75. The van der Waals surface area contributed by atoms with Gasteiger partial charge in [0.25, 0.3) is 5.91 Å². The van der Waals surface area contributed by atoms with Gasteiger partial charge < -0.3 is 19.7 Å². The van der Waals surface area contributed by atoms with Gasteiger partial charge in [-0.1, -0.05) is 13.0 Å². The molecule has 1 atom stereocenters. The van der Waals surface area contributed by atoms with Crippen LogP contribution in [0.25, 0.3) is 0 Å². The average Bonchev–Trinajstić information content (AvgIpc) is 2.49. The molecule has 0 saturated heterocycles. The maximum absolute atomic E-state index is 11.9. The summed E-state index contributed by atoms with van der Waals surface area (Å²) in [6.07, 6.45) is 0.558. The second kappa shape index (κ2) is 9.30. The van der Waals surface area contributed by atoms with Gasteiger partial charge in [0.2, 0.25) is 0 Å². The second-order valence-electron chi connectivity index (χ2n) is 5.38. The second-order valence-corrected chi connectivity index (χ2v) is 5.38. The number of nitrogens with zero attached hydrogens (tertiary/aromatic N) is 1. The summed E-state index contributed by atoms with van der Waals surface area (Å²) < 4.78 is 11.4. The average molecular weight is 308 g/mol. The fraction of sp³-hybridized carbons (Fsp3) is 0.588. The Kier molecular flexibility index (Phi) is 7.74. The first-order valence-corrected chi connectivity index (χ1v) is 7.83. The van der Waals surface area contributed by atoms with Crippen molar-refractivity contribution in [2.45, 2.75) is 39.8 Å². The lowest BCUT2D eigenvalue weighted by atomic mass is 10.2. The molecule has 1 unspecified atom stereocenters. The van der Waals surface area contributed by atoms with Gasteiger partial charge in [0, 0.05) is 20.6 Å². The molecule has 0 aliphatic carbocycles. The number of amides is 1. The third-order valence-electron chi connectivity index (χ3n) is 3.16. The van der Waals surface area contributed by atoms with E-state index in [0.29, 0.717) is 18.1 Å². The highest BCUT2D eigenvalue weighted by atomic mass is 16.5. The van der Waals surface area contributed by atoms with E-state index in [0.717, 1.165) is 25.1 Å². The standard InChI is InChI=1S/C17H28N2O3/c1-6-10-18-12-14-8-9-15(16(11-14)21-7-2)22-13(3)17(20)19(4)5/h8-9,11,13,18H,6-7,10,12H2,1-5H3. The third kappa shape index (κ3) is 5.56. The largest absolute Gasteiger partial charge is 0.490 e. The molecule has 0 aliphatic rings. The molecule has 5 nitrogen and oxygen atoms in total. The number of carbonyl (C=O) groups is 1. The predicted octanol–water partition coefficient (Wildman–Crippen LogP) is 2.44. The van der Waals surface area contributed by atoms with Crippen LogP contribution in [0.5, 0.6) is 11.5 Å². The highest BCUT2D eigenvalue weighted by Gasteiger charge is 2.18. The Morgan fingerprint density at radius 3 is 2.59 bits per heavy atom. The van der Waals surface area contributed by atoms with Crippen molar-refractivity contribution < 1.29 is 14.3 Å². The van der Waals surface area contributed by atoms with E-state index in [1.807, 2.05) is 25.1 Å². The van der Waals surface area contributed by atoms with Gasteiger partial charge in [-0.3, -0.25) is 4.79 Å². The number of hydrogen-bond acceptors (Lipinski definition) is 4. The van der Waals surface area contributed by atoms with Gasteiger partial charge in [0.15, 0.2) is 17.6 Å². The van der Waals surface area contributed by atoms with Crippen LogP contribution in [-0.2, 0) is 11.3 Å². The number of carbonyl (C=O) groups excluding carboxylic acids is 1. The molecule has 0 radical (unpaired) electrons. The summed E-state index contributed by atoms with van der Waals surface area (Å²) >= 11 is 0. The molecule has 0 aromatic heterocycles. The van der Waals surface area contributed by atoms with E-state index in [9.17, 15) is 4.79 Å². The van der Waals surface area contributed by atoms with E-state index in [1.54, 1.807) is 21.0 Å². The van der Waals surface area contributed by atoms with Crippen LogP contribution in [0.15, 0.2) is 18.2 Å². The molecule has 124 valence electrons. The third-order valence-corrected chi connectivity index (χ3v) is 3.16. The number of likely N-dealkylation sites (N-methyl/N-ethyl adjacent to an activating group) is 1. The summed E-state index contributed by atoms with van der Waals surface area (Å²) in [4.78, 5) is 13.4. The van der Waals surface area contributed by atoms with Gasteiger partial charge in [0.1, 0.15) is 0 Å². The molecule has 1 aromatic rings. The SMILES string of the molecule is CCCNCc1ccc(OC(C)C(=O)N(C)C)c(OCC)c1. The normalized spacial score (nSPS) is 11.9. The Bertz CT molecular complexity index is 475. The zero-order valence-electron chi connectivity index (χ0n) is 14.3. The first kappa shape index (κ1) is 18.3. The van der Waals surface area contributed by atoms with Crippen molar-refractivity contribution in [3.05, 3.63) is 23.8 Å². The van der Waals surface area contributed by atoms with Gasteiger partial charge in [-0.2, -0.15) is 0 Å². The zero-order chi connectivity index (χ0) is 16.5. The first-order valence-electron chi connectivity index (χ1n) is 7.83. The predicted molar refractivity (Wildman–Crippen MR) is 88.4 cm³/mol. The summed E-state index contributed by atoms with van der Waals surface area (Å²) in [5.41, 5.74) is 1.14. The maximum Gasteiger partial charge on any atom is 0.262 e. The number of benzene rings is 1. The highest BCUT2D eigenvalue weighted by molar-refractivity contribution is 5.80. The van der Waals surface area contributed by atoms with E-state index in [-0.39, 0.29) is 5.91 Å². The fourth-order valence-electron chi connectivity index (χ4n) is 2.04. The van der Waals surface area contributed by atoms with Crippen LogP contribution < -0.4 is 14.8 Å². The van der Waals surface area contributed by atoms with E-state index in [2.05, 4.69) is 12.2 Å². The molecule has 5 heteroatoms. The fourth-order valence-corrected chi connectivity index (χ4v) is 2.04. The van der Waals surface area contributed by atoms with Crippen molar-refractivity contribution in [3.8, 4) is 11.5 Å². The molecule has 0 saturated carbocycles. The molecule has 1 amide bonds. The summed E-state index contributed by atoms with van der Waals surface area (Å²) in [7, 11) is 3.43. The van der Waals surface area contributed by atoms with E-state index >= 15 is 0 Å². The first-order chi connectivity index (χ1) is 10.5. The molecular formula is C17H28N2O3. The molecule has 0 bridgehead atoms. The minimum atomic E-state index is -0.543. The van der Waals surface area contributed by atoms with Crippen LogP contribution in [0.1, 0.15) is 32.8 Å². The smallest absolute Gasteiger partial charge is 0.262 e. The Balaban J connectivity index is 2.82. The molecule has 1 rings (SSSR count). The van der Waals surface area contributed by atoms with E-state index in [4.69, 9.17) is 9.47 Å². The molecular weight excluding hydrogens is 280 g/mol. The number of ether oxygens (including phenoxy) is 2. The topological polar surface area (TPSA) is 50.8 Å². The number of nitrogens with one attached hydrogen (secondary N) is 1. The number of rotatable bonds is 9. The Labute approximate surface area is 133 Å². The van der Waals surface area contributed by atoms with Crippen LogP contribution in [0.3, 0.4) is 0 Å². The van der Waals surface area contributed by atoms with E-state index in [1.165, 1.54) is 4.90 Å². The molecule has 1 aromatic carbocycles. The minimum absolute atomic E-state index is 0.0730. The quantitative estimate of drug-likeness (QED) is 0.712. The lowest BCUT2D eigenvalue weighted by Crippen LogP contribution is -2.35. The molecule has 22 heavy (non-hydrogen) atoms. The zero-order valence-corrected chi connectivity index (χ0v) is 14.3. The van der Waals surface area contributed by atoms with Crippen LogP contribution in [0.2, 0.25) is 0 Å². The molecule has 0 aliphatic heterocycles. The van der Waals surface area contributed by atoms with E-state index < -0.39 is 6.10 Å². The van der Waals surface area contributed by atoms with Crippen LogP contribution in [0.4, 0.5) is 0 Å². The van der Waals surface area contributed by atoms with Crippen LogP contribution >= 0.6 is 0 Å². The lowest BCUT2D eigenvalue weighted by Gasteiger charge is -2.20. The van der Waals surface area contributed by atoms with Crippen molar-refractivity contribution in [2.24, 2.45) is 0 Å². The molecule has 0 heterocycles. The van der Waals surface area contributed by atoms with Crippen molar-refractivity contribution in [2.75, 3.05) is 27.2 Å². The van der Waals surface area contributed by atoms with Gasteiger partial charge in [-0.25, -0.2) is 0 Å². The van der Waals surface area contributed by atoms with Gasteiger partial charge in [-0.05, 0) is 44.5 Å². The summed E-state index contributed by atoms with van der Waals surface area (Å²) in [6.45, 7) is 8.14. The van der Waals surface area contributed by atoms with Crippen LogP contribution in [0, 0.1) is 0 Å². The molecule has 0 spiro atoms. The van der Waals surface area contributed by atoms with Crippen molar-refractivity contribution in [3.63, 3.8) is 0 Å². The van der Waals surface area contributed by atoms with Crippen LogP contribution in [-0.4, -0.2) is 44.2 Å². The highest BCUT2D eigenvalue weighted by Crippen LogP contribution is 2.29. The maximum atomic E-state index is 11.9. The Morgan fingerprint density at radius 2 is 2.00 bits per heavy atom. The van der Waals surface area contributed by atoms with Gasteiger partial charge in [0.05, 0.1) is 6.61 Å². The molecule has 1 N–H and O–H groups in total. The summed E-state index contributed by atoms with van der Waals surface area (Å²) in [5.74, 6) is 1.21. The van der Waals surface area contributed by atoms with Crippen molar-refractivity contribution >= 4 is 5.91 Å². The monoisotopic (exact) mass is 308 g/mol. The van der Waals surface area contributed by atoms with Crippen molar-refractivity contribution in [1.29, 1.82) is 0 Å². The lowest BCUT2D eigenvalue weighted by molar-refractivity contribution is -0.135. The summed E-state index contributed by atoms with van der Waals surface area (Å²) in [6, 6.07) is 5.83.